The predicted octanol–water partition coefficient (Wildman–Crippen LogP) is 2.61. The first kappa shape index (κ1) is 16.4. The molecule has 6 heteroatoms. The first-order chi connectivity index (χ1) is 13.1. The van der Waals surface area contributed by atoms with Crippen LogP contribution < -0.4 is 10.4 Å². The van der Waals surface area contributed by atoms with Crippen molar-refractivity contribution in [1.29, 1.82) is 0 Å². The third-order valence-electron chi connectivity index (χ3n) is 6.18. The molecule has 2 fully saturated rings. The van der Waals surface area contributed by atoms with Crippen molar-refractivity contribution < 1.29 is 9.90 Å². The Morgan fingerprint density at radius 2 is 1.74 bits per heavy atom. The van der Waals surface area contributed by atoms with Gasteiger partial charge in [0.15, 0.2) is 11.4 Å². The molecule has 1 saturated carbocycles. The number of hydrogen-bond donors (Lipinski definition) is 1. The highest BCUT2D eigenvalue weighted by molar-refractivity contribution is 5.96. The second-order valence-electron chi connectivity index (χ2n) is 7.84. The van der Waals surface area contributed by atoms with Crippen molar-refractivity contribution in [2.45, 2.75) is 44.2 Å². The predicted molar refractivity (Wildman–Crippen MR) is 101 cm³/mol. The molecule has 2 unspecified atom stereocenters. The summed E-state index contributed by atoms with van der Waals surface area (Å²) in [4.78, 5) is 27.2. The standard InChI is InChI=1S/C21H23N3O3/c25-18-11-12-23-19(20(18)26)21(27)22-13-24(23)17(14-5-2-1-3-6-14)8-4-7-16(22)15-9-10-15/h1-3,5-6,11-12,15-17,26H,4,7-10,13H2. The first-order valence-corrected chi connectivity index (χ1v) is 9.72. The number of aromatic hydroxyl groups is 1. The highest BCUT2D eigenvalue weighted by Crippen LogP contribution is 2.42. The lowest BCUT2D eigenvalue weighted by Gasteiger charge is -2.48. The van der Waals surface area contributed by atoms with E-state index in [0.29, 0.717) is 12.6 Å². The number of carbonyl (C=O) groups excluding carboxylic acids is 1. The normalized spacial score (nSPS) is 25.0. The van der Waals surface area contributed by atoms with Crippen LogP contribution in [0.15, 0.2) is 47.4 Å². The Balaban J connectivity index is 1.67. The third kappa shape index (κ3) is 2.62. The third-order valence-corrected chi connectivity index (χ3v) is 6.18. The summed E-state index contributed by atoms with van der Waals surface area (Å²) < 4.78 is 1.70. The maximum Gasteiger partial charge on any atom is 0.278 e. The van der Waals surface area contributed by atoms with Crippen LogP contribution in [0.4, 0.5) is 0 Å². The maximum atomic E-state index is 13.2. The molecule has 2 aromatic rings. The number of nitrogens with zero attached hydrogens (tertiary/aromatic N) is 3. The summed E-state index contributed by atoms with van der Waals surface area (Å²) in [6.45, 7) is 0.481. The van der Waals surface area contributed by atoms with Crippen LogP contribution in [0.3, 0.4) is 0 Å². The Morgan fingerprint density at radius 3 is 2.48 bits per heavy atom. The molecule has 2 bridgehead atoms. The van der Waals surface area contributed by atoms with Crippen molar-refractivity contribution in [2.24, 2.45) is 5.92 Å². The lowest BCUT2D eigenvalue weighted by Crippen LogP contribution is -2.59. The molecule has 1 aliphatic carbocycles. The first-order valence-electron chi connectivity index (χ1n) is 9.72. The molecule has 2 atom stereocenters. The molecule has 0 radical (unpaired) electrons. The van der Waals surface area contributed by atoms with Crippen LogP contribution in [0, 0.1) is 5.92 Å². The lowest BCUT2D eigenvalue weighted by molar-refractivity contribution is 0.0509. The highest BCUT2D eigenvalue weighted by atomic mass is 16.3. The molecule has 140 valence electrons. The van der Waals surface area contributed by atoms with E-state index in [4.69, 9.17) is 0 Å². The zero-order valence-corrected chi connectivity index (χ0v) is 15.1. The van der Waals surface area contributed by atoms with E-state index in [2.05, 4.69) is 17.1 Å². The van der Waals surface area contributed by atoms with E-state index >= 15 is 0 Å². The SMILES string of the molecule is O=C1c2c(O)c(=O)ccn2N2CN1C(C1CC1)CCCC2c1ccccc1. The van der Waals surface area contributed by atoms with Crippen LogP contribution in [0.25, 0.3) is 0 Å². The summed E-state index contributed by atoms with van der Waals surface area (Å²) in [7, 11) is 0. The Morgan fingerprint density at radius 1 is 0.963 bits per heavy atom. The van der Waals surface area contributed by atoms with Gasteiger partial charge < -0.3 is 10.0 Å². The van der Waals surface area contributed by atoms with Gasteiger partial charge in [0.2, 0.25) is 5.43 Å². The average molecular weight is 365 g/mol. The van der Waals surface area contributed by atoms with Crippen LogP contribution in [-0.2, 0) is 0 Å². The summed E-state index contributed by atoms with van der Waals surface area (Å²) >= 11 is 0. The Hall–Kier alpha value is -2.76. The minimum Gasteiger partial charge on any atom is -0.502 e. The Bertz CT molecular complexity index is 935. The highest BCUT2D eigenvalue weighted by Gasteiger charge is 2.44. The molecular formula is C21H23N3O3. The van der Waals surface area contributed by atoms with Crippen LogP contribution >= 0.6 is 0 Å². The molecule has 3 heterocycles. The van der Waals surface area contributed by atoms with E-state index in [0.717, 1.165) is 32.1 Å². The largest absolute Gasteiger partial charge is 0.502 e. The van der Waals surface area contributed by atoms with E-state index in [9.17, 15) is 14.7 Å². The zero-order valence-electron chi connectivity index (χ0n) is 15.1. The number of benzene rings is 1. The number of aromatic nitrogens is 1. The van der Waals surface area contributed by atoms with Gasteiger partial charge in [-0.3, -0.25) is 19.3 Å². The minimum atomic E-state index is -0.507. The molecule has 1 saturated heterocycles. The van der Waals surface area contributed by atoms with Crippen molar-refractivity contribution in [2.75, 3.05) is 11.7 Å². The molecule has 1 aromatic carbocycles. The van der Waals surface area contributed by atoms with Crippen molar-refractivity contribution in [3.63, 3.8) is 0 Å². The summed E-state index contributed by atoms with van der Waals surface area (Å²) in [5, 5.41) is 12.5. The van der Waals surface area contributed by atoms with E-state index in [1.54, 1.807) is 10.9 Å². The van der Waals surface area contributed by atoms with Gasteiger partial charge in [-0.25, -0.2) is 0 Å². The summed E-state index contributed by atoms with van der Waals surface area (Å²) in [6.07, 6.45) is 6.93. The molecular weight excluding hydrogens is 342 g/mol. The quantitative estimate of drug-likeness (QED) is 0.888. The van der Waals surface area contributed by atoms with Crippen molar-refractivity contribution in [3.8, 4) is 5.75 Å². The van der Waals surface area contributed by atoms with Gasteiger partial charge in [0, 0.05) is 18.3 Å². The molecule has 1 aromatic heterocycles. The smallest absolute Gasteiger partial charge is 0.278 e. The second-order valence-corrected chi connectivity index (χ2v) is 7.84. The second kappa shape index (κ2) is 6.15. The van der Waals surface area contributed by atoms with E-state index in [1.807, 2.05) is 23.1 Å². The van der Waals surface area contributed by atoms with Crippen LogP contribution in [0.1, 0.15) is 54.2 Å². The fraction of sp³-hybridized carbons (Fsp3) is 0.429. The van der Waals surface area contributed by atoms with Gasteiger partial charge >= 0.3 is 0 Å². The summed E-state index contributed by atoms with van der Waals surface area (Å²) in [5.41, 5.74) is 0.774. The van der Waals surface area contributed by atoms with Gasteiger partial charge in [0.1, 0.15) is 6.67 Å². The molecule has 27 heavy (non-hydrogen) atoms. The van der Waals surface area contributed by atoms with Crippen molar-refractivity contribution in [1.82, 2.24) is 9.58 Å². The van der Waals surface area contributed by atoms with Gasteiger partial charge in [0.05, 0.1) is 6.04 Å². The number of carbonyl (C=O) groups is 1. The molecule has 1 amide bonds. The van der Waals surface area contributed by atoms with E-state index < -0.39 is 11.2 Å². The number of fused-ring (bicyclic) bond motifs is 4. The number of rotatable bonds is 2. The van der Waals surface area contributed by atoms with Crippen LogP contribution in [0.5, 0.6) is 5.75 Å². The summed E-state index contributed by atoms with van der Waals surface area (Å²) in [5.74, 6) is -0.126. The Labute approximate surface area is 157 Å². The number of pyridine rings is 1. The maximum absolute atomic E-state index is 13.2. The fourth-order valence-electron chi connectivity index (χ4n) is 4.67. The van der Waals surface area contributed by atoms with Gasteiger partial charge in [0.25, 0.3) is 5.91 Å². The molecule has 6 nitrogen and oxygen atoms in total. The molecule has 1 N–H and O–H groups in total. The van der Waals surface area contributed by atoms with Crippen LogP contribution in [-0.4, -0.2) is 33.3 Å². The molecule has 0 spiro atoms. The van der Waals surface area contributed by atoms with E-state index in [1.165, 1.54) is 11.6 Å². The van der Waals surface area contributed by atoms with Gasteiger partial charge in [-0.05, 0) is 43.6 Å². The van der Waals surface area contributed by atoms with Crippen LogP contribution in [0.2, 0.25) is 0 Å². The van der Waals surface area contributed by atoms with Gasteiger partial charge in [-0.15, -0.1) is 0 Å². The van der Waals surface area contributed by atoms with Crippen molar-refractivity contribution in [3.05, 3.63) is 64.1 Å². The topological polar surface area (TPSA) is 65.8 Å². The molecule has 2 aliphatic heterocycles. The fourth-order valence-corrected chi connectivity index (χ4v) is 4.67. The molecule has 5 rings (SSSR count). The zero-order chi connectivity index (χ0) is 18.5. The minimum absolute atomic E-state index is 0.0857. The lowest BCUT2D eigenvalue weighted by atomic mass is 9.94. The van der Waals surface area contributed by atoms with Gasteiger partial charge in [-0.2, -0.15) is 0 Å². The molecule has 3 aliphatic rings. The summed E-state index contributed by atoms with van der Waals surface area (Å²) in [6, 6.07) is 11.9. The van der Waals surface area contributed by atoms with Gasteiger partial charge in [-0.1, -0.05) is 30.3 Å². The monoisotopic (exact) mass is 365 g/mol. The van der Waals surface area contributed by atoms with Crippen molar-refractivity contribution >= 4 is 5.91 Å². The van der Waals surface area contributed by atoms with E-state index in [-0.39, 0.29) is 23.7 Å². The number of hydrogen-bond acceptors (Lipinski definition) is 4. The number of amides is 1. The Kier molecular flexibility index (Phi) is 3.74. The average Bonchev–Trinajstić information content (AvgIpc) is 3.50.